The molecule has 0 radical (unpaired) electrons. The molecule has 1 saturated heterocycles. The Morgan fingerprint density at radius 1 is 0.939 bits per heavy atom. The van der Waals surface area contributed by atoms with Gasteiger partial charge in [0.1, 0.15) is 11.9 Å². The number of hydrogen-bond acceptors (Lipinski definition) is 4. The molecular weight excluding hydrogens is 410 g/mol. The average molecular weight is 440 g/mol. The second-order valence-electron chi connectivity index (χ2n) is 9.42. The number of piperazine rings is 1. The van der Waals surface area contributed by atoms with Gasteiger partial charge in [0, 0.05) is 49.4 Å². The number of fused-ring (bicyclic) bond motifs is 1. The van der Waals surface area contributed by atoms with E-state index < -0.39 is 0 Å². The molecule has 0 spiro atoms. The molecule has 3 aromatic carbocycles. The van der Waals surface area contributed by atoms with Crippen LogP contribution in [0, 0.1) is 6.92 Å². The summed E-state index contributed by atoms with van der Waals surface area (Å²) < 4.78 is 8.78. The Kier molecular flexibility index (Phi) is 4.97. The molecule has 1 fully saturated rings. The molecular formula is C28H29N3O2. The van der Waals surface area contributed by atoms with E-state index in [0.717, 1.165) is 83.5 Å². The van der Waals surface area contributed by atoms with Crippen LogP contribution >= 0.6 is 0 Å². The van der Waals surface area contributed by atoms with Crippen LogP contribution in [0.1, 0.15) is 21.6 Å². The molecule has 1 unspecified atom stereocenters. The Morgan fingerprint density at radius 3 is 2.52 bits per heavy atom. The number of hydrogen-bond donors (Lipinski definition) is 0. The summed E-state index contributed by atoms with van der Waals surface area (Å²) in [6, 6.07) is 20.2. The second-order valence-corrected chi connectivity index (χ2v) is 9.42. The van der Waals surface area contributed by atoms with Gasteiger partial charge in [0.05, 0.1) is 17.6 Å². The number of benzene rings is 3. The van der Waals surface area contributed by atoms with Crippen molar-refractivity contribution in [3.8, 4) is 5.75 Å². The summed E-state index contributed by atoms with van der Waals surface area (Å²) in [6.45, 7) is 8.11. The van der Waals surface area contributed by atoms with Gasteiger partial charge in [-0.05, 0) is 30.8 Å². The van der Waals surface area contributed by atoms with Crippen molar-refractivity contribution in [3.63, 3.8) is 0 Å². The third-order valence-electron chi connectivity index (χ3n) is 7.30. The fraction of sp³-hybridized carbons (Fsp3) is 0.321. The van der Waals surface area contributed by atoms with Crippen LogP contribution in [0.2, 0.25) is 0 Å². The highest BCUT2D eigenvalue weighted by molar-refractivity contribution is 6.22. The molecule has 1 aromatic heterocycles. The van der Waals surface area contributed by atoms with Crippen molar-refractivity contribution in [3.05, 3.63) is 77.5 Å². The number of rotatable bonds is 4. The van der Waals surface area contributed by atoms with E-state index in [1.165, 1.54) is 0 Å². The molecule has 0 saturated carbocycles. The highest BCUT2D eigenvalue weighted by Crippen LogP contribution is 2.38. The first-order valence-electron chi connectivity index (χ1n) is 11.8. The van der Waals surface area contributed by atoms with Crippen LogP contribution in [-0.4, -0.2) is 66.0 Å². The lowest BCUT2D eigenvalue weighted by Gasteiger charge is -2.36. The van der Waals surface area contributed by atoms with Crippen LogP contribution in [0.15, 0.2) is 60.7 Å². The van der Waals surface area contributed by atoms with Gasteiger partial charge in [-0.1, -0.05) is 54.6 Å². The first-order chi connectivity index (χ1) is 16.1. The van der Waals surface area contributed by atoms with Gasteiger partial charge in [-0.15, -0.1) is 0 Å². The fourth-order valence-electron chi connectivity index (χ4n) is 5.50. The second kappa shape index (κ2) is 8.01. The number of para-hydroxylation sites is 1. The molecule has 1 atom stereocenters. The molecule has 2 aliphatic rings. The Balaban J connectivity index is 1.39. The van der Waals surface area contributed by atoms with Gasteiger partial charge in [0.15, 0.2) is 5.78 Å². The summed E-state index contributed by atoms with van der Waals surface area (Å²) in [5, 5.41) is 3.08. The number of carbonyl (C=O) groups is 1. The molecule has 3 heterocycles. The molecule has 5 nitrogen and oxygen atoms in total. The SMILES string of the molecule is Cc1c(C(=O)c2cccc3ccccc23)c2cccc3c2n1CC(CN1CCN(C)CC1)O3. The van der Waals surface area contributed by atoms with Crippen molar-refractivity contribution < 1.29 is 9.53 Å². The molecule has 168 valence electrons. The van der Waals surface area contributed by atoms with Crippen LogP contribution in [0.4, 0.5) is 0 Å². The minimum absolute atomic E-state index is 0.0816. The molecule has 2 aliphatic heterocycles. The minimum atomic E-state index is 0.0816. The van der Waals surface area contributed by atoms with Gasteiger partial charge < -0.3 is 14.2 Å². The van der Waals surface area contributed by atoms with Crippen LogP contribution < -0.4 is 4.74 Å². The normalized spacial score (nSPS) is 19.2. The minimum Gasteiger partial charge on any atom is -0.485 e. The molecule has 4 aromatic rings. The van der Waals surface area contributed by atoms with Gasteiger partial charge in [-0.25, -0.2) is 0 Å². The van der Waals surface area contributed by atoms with E-state index in [-0.39, 0.29) is 11.9 Å². The summed E-state index contributed by atoms with van der Waals surface area (Å²) in [4.78, 5) is 18.8. The quantitative estimate of drug-likeness (QED) is 0.444. The first kappa shape index (κ1) is 20.5. The summed E-state index contributed by atoms with van der Waals surface area (Å²) in [5.41, 5.74) is 3.64. The van der Waals surface area contributed by atoms with E-state index in [4.69, 9.17) is 4.74 Å². The van der Waals surface area contributed by atoms with Crippen LogP contribution in [-0.2, 0) is 6.54 Å². The number of likely N-dealkylation sites (N-methyl/N-ethyl adjacent to an activating group) is 1. The Labute approximate surface area is 194 Å². The third kappa shape index (κ3) is 3.43. The van der Waals surface area contributed by atoms with E-state index in [1.807, 2.05) is 42.5 Å². The van der Waals surface area contributed by atoms with Crippen molar-refractivity contribution in [2.24, 2.45) is 0 Å². The molecule has 0 aliphatic carbocycles. The number of aromatic nitrogens is 1. The summed E-state index contributed by atoms with van der Waals surface area (Å²) in [6.07, 6.45) is 0.0816. The van der Waals surface area contributed by atoms with E-state index in [0.29, 0.717) is 0 Å². The van der Waals surface area contributed by atoms with Gasteiger partial charge in [-0.2, -0.15) is 0 Å². The maximum absolute atomic E-state index is 13.9. The number of ketones is 1. The lowest BCUT2D eigenvalue weighted by atomic mass is 9.95. The molecule has 0 amide bonds. The topological polar surface area (TPSA) is 37.7 Å². The molecule has 6 rings (SSSR count). The maximum atomic E-state index is 13.9. The van der Waals surface area contributed by atoms with Crippen LogP contribution in [0.5, 0.6) is 5.75 Å². The van der Waals surface area contributed by atoms with Crippen molar-refractivity contribution in [2.75, 3.05) is 39.8 Å². The zero-order valence-electron chi connectivity index (χ0n) is 19.3. The van der Waals surface area contributed by atoms with Crippen molar-refractivity contribution in [2.45, 2.75) is 19.6 Å². The van der Waals surface area contributed by atoms with E-state index >= 15 is 0 Å². The van der Waals surface area contributed by atoms with Crippen molar-refractivity contribution in [1.82, 2.24) is 14.4 Å². The van der Waals surface area contributed by atoms with Crippen molar-refractivity contribution >= 4 is 27.5 Å². The van der Waals surface area contributed by atoms with Gasteiger partial charge in [0.25, 0.3) is 0 Å². The average Bonchev–Trinajstić information content (AvgIpc) is 3.12. The largest absolute Gasteiger partial charge is 0.485 e. The third-order valence-corrected chi connectivity index (χ3v) is 7.30. The lowest BCUT2D eigenvalue weighted by Crippen LogP contribution is -2.49. The summed E-state index contributed by atoms with van der Waals surface area (Å²) >= 11 is 0. The number of nitrogens with zero attached hydrogens (tertiary/aromatic N) is 3. The molecule has 5 heteroatoms. The Hall–Kier alpha value is -3.15. The van der Waals surface area contributed by atoms with Crippen LogP contribution in [0.3, 0.4) is 0 Å². The number of ether oxygens (including phenoxy) is 1. The number of carbonyl (C=O) groups excluding carboxylic acids is 1. The van der Waals surface area contributed by atoms with E-state index in [2.05, 4.69) is 46.5 Å². The summed E-state index contributed by atoms with van der Waals surface area (Å²) in [7, 11) is 2.18. The Morgan fingerprint density at radius 2 is 1.67 bits per heavy atom. The smallest absolute Gasteiger partial charge is 0.196 e. The Bertz CT molecular complexity index is 1360. The van der Waals surface area contributed by atoms with Crippen molar-refractivity contribution in [1.29, 1.82) is 0 Å². The van der Waals surface area contributed by atoms with Crippen LogP contribution in [0.25, 0.3) is 21.7 Å². The highest BCUT2D eigenvalue weighted by atomic mass is 16.5. The van der Waals surface area contributed by atoms with E-state index in [9.17, 15) is 4.79 Å². The highest BCUT2D eigenvalue weighted by Gasteiger charge is 2.30. The maximum Gasteiger partial charge on any atom is 0.196 e. The molecule has 33 heavy (non-hydrogen) atoms. The zero-order chi connectivity index (χ0) is 22.5. The standard InChI is InChI=1S/C28H29N3O2/c1-19-26(28(32)23-10-5-8-20-7-3-4-9-22(20)23)24-11-6-12-25-27(24)31(19)18-21(33-25)17-30-15-13-29(2)14-16-30/h3-12,21H,13-18H2,1-2H3. The monoisotopic (exact) mass is 439 g/mol. The van der Waals surface area contributed by atoms with Gasteiger partial charge >= 0.3 is 0 Å². The lowest BCUT2D eigenvalue weighted by molar-refractivity contribution is 0.0807. The predicted molar refractivity (Wildman–Crippen MR) is 132 cm³/mol. The van der Waals surface area contributed by atoms with Gasteiger partial charge in [0.2, 0.25) is 0 Å². The fourth-order valence-corrected chi connectivity index (χ4v) is 5.50. The predicted octanol–water partition coefficient (Wildman–Crippen LogP) is 4.34. The first-order valence-corrected chi connectivity index (χ1v) is 11.8. The molecule has 0 bridgehead atoms. The summed E-state index contributed by atoms with van der Waals surface area (Å²) in [5.74, 6) is 0.973. The molecule has 0 N–H and O–H groups in total. The zero-order valence-corrected chi connectivity index (χ0v) is 19.3. The van der Waals surface area contributed by atoms with E-state index in [1.54, 1.807) is 0 Å². The van der Waals surface area contributed by atoms with Gasteiger partial charge in [-0.3, -0.25) is 9.69 Å².